The standard InChI is InChI=1S/C19H26FN3O2/c1-22(11-19(12-24)13-25-14-19)9-3-4-17-10-18(23(2)21-17)15-5-7-16(20)8-6-15/h5-8,10,24H,3-4,9,11-14H2,1-2H3. The molecule has 0 aliphatic carbocycles. The Labute approximate surface area is 148 Å². The van der Waals surface area contributed by atoms with Gasteiger partial charge in [0, 0.05) is 13.6 Å². The second-order valence-electron chi connectivity index (χ2n) is 7.14. The molecule has 1 aliphatic heterocycles. The molecule has 0 spiro atoms. The maximum absolute atomic E-state index is 13.1. The van der Waals surface area contributed by atoms with Crippen molar-refractivity contribution in [1.29, 1.82) is 0 Å². The van der Waals surface area contributed by atoms with Crippen LogP contribution in [0.3, 0.4) is 0 Å². The van der Waals surface area contributed by atoms with Gasteiger partial charge in [-0.2, -0.15) is 5.10 Å². The second kappa shape index (κ2) is 7.64. The van der Waals surface area contributed by atoms with Gasteiger partial charge in [-0.25, -0.2) is 4.39 Å². The third kappa shape index (κ3) is 4.26. The first-order valence-corrected chi connectivity index (χ1v) is 8.67. The van der Waals surface area contributed by atoms with E-state index >= 15 is 0 Å². The first-order chi connectivity index (χ1) is 12.0. The van der Waals surface area contributed by atoms with Crippen LogP contribution in [-0.2, 0) is 18.2 Å². The Kier molecular flexibility index (Phi) is 5.51. The molecule has 2 aromatic rings. The summed E-state index contributed by atoms with van der Waals surface area (Å²) in [6, 6.07) is 8.57. The molecular formula is C19H26FN3O2. The van der Waals surface area contributed by atoms with Crippen molar-refractivity contribution in [1.82, 2.24) is 14.7 Å². The molecule has 1 aromatic carbocycles. The van der Waals surface area contributed by atoms with Crippen LogP contribution in [0.5, 0.6) is 0 Å². The summed E-state index contributed by atoms with van der Waals surface area (Å²) in [6.07, 6.45) is 1.89. The average molecular weight is 347 g/mol. The van der Waals surface area contributed by atoms with Crippen LogP contribution in [0.1, 0.15) is 12.1 Å². The maximum Gasteiger partial charge on any atom is 0.123 e. The zero-order chi connectivity index (χ0) is 17.9. The van der Waals surface area contributed by atoms with Gasteiger partial charge in [0.2, 0.25) is 0 Å². The summed E-state index contributed by atoms with van der Waals surface area (Å²) in [5, 5.41) is 14.1. The molecule has 0 amide bonds. The summed E-state index contributed by atoms with van der Waals surface area (Å²) in [5.74, 6) is -0.230. The minimum absolute atomic E-state index is 0.0739. The third-order valence-corrected chi connectivity index (χ3v) is 4.80. The van der Waals surface area contributed by atoms with E-state index in [0.717, 1.165) is 42.9 Å². The van der Waals surface area contributed by atoms with E-state index in [2.05, 4.69) is 23.1 Å². The number of hydrogen-bond acceptors (Lipinski definition) is 4. The Morgan fingerprint density at radius 1 is 1.32 bits per heavy atom. The van der Waals surface area contributed by atoms with Crippen molar-refractivity contribution in [3.8, 4) is 11.3 Å². The van der Waals surface area contributed by atoms with Gasteiger partial charge in [0.25, 0.3) is 0 Å². The fraction of sp³-hybridized carbons (Fsp3) is 0.526. The van der Waals surface area contributed by atoms with E-state index in [9.17, 15) is 9.50 Å². The quantitative estimate of drug-likeness (QED) is 0.795. The molecule has 0 saturated carbocycles. The number of rotatable bonds is 8. The molecule has 2 heterocycles. The lowest BCUT2D eigenvalue weighted by Crippen LogP contribution is -2.52. The topological polar surface area (TPSA) is 50.5 Å². The Morgan fingerprint density at radius 2 is 2.04 bits per heavy atom. The molecule has 3 rings (SSSR count). The van der Waals surface area contributed by atoms with Crippen LogP contribution in [0, 0.1) is 11.2 Å². The Balaban J connectivity index is 1.52. The van der Waals surface area contributed by atoms with Crippen LogP contribution in [0.2, 0.25) is 0 Å². The van der Waals surface area contributed by atoms with Crippen molar-refractivity contribution in [2.24, 2.45) is 12.5 Å². The number of ether oxygens (including phenoxy) is 1. The highest BCUT2D eigenvalue weighted by Crippen LogP contribution is 2.27. The Hall–Kier alpha value is -1.76. The molecule has 5 nitrogen and oxygen atoms in total. The summed E-state index contributed by atoms with van der Waals surface area (Å²) in [6.45, 7) is 3.28. The Bertz CT molecular complexity index is 690. The molecule has 0 unspecified atom stereocenters. The van der Waals surface area contributed by atoms with Crippen LogP contribution >= 0.6 is 0 Å². The van der Waals surface area contributed by atoms with E-state index in [1.807, 2.05) is 11.7 Å². The number of aromatic nitrogens is 2. The van der Waals surface area contributed by atoms with Crippen molar-refractivity contribution in [3.63, 3.8) is 0 Å². The predicted molar refractivity (Wildman–Crippen MR) is 94.8 cm³/mol. The zero-order valence-electron chi connectivity index (χ0n) is 14.9. The molecule has 1 aliphatic rings. The number of aliphatic hydroxyl groups is 1. The van der Waals surface area contributed by atoms with Gasteiger partial charge >= 0.3 is 0 Å². The lowest BCUT2D eigenvalue weighted by molar-refractivity contribution is -0.146. The molecule has 1 aromatic heterocycles. The summed E-state index contributed by atoms with van der Waals surface area (Å²) in [4.78, 5) is 2.25. The van der Waals surface area contributed by atoms with Gasteiger partial charge in [-0.1, -0.05) is 0 Å². The molecule has 136 valence electrons. The maximum atomic E-state index is 13.1. The third-order valence-electron chi connectivity index (χ3n) is 4.80. The van der Waals surface area contributed by atoms with Crippen molar-refractivity contribution in [2.45, 2.75) is 12.8 Å². The highest BCUT2D eigenvalue weighted by molar-refractivity contribution is 5.59. The number of aliphatic hydroxyl groups excluding tert-OH is 1. The van der Waals surface area contributed by atoms with Crippen molar-refractivity contribution in [3.05, 3.63) is 41.8 Å². The first-order valence-electron chi connectivity index (χ1n) is 8.67. The number of hydrogen-bond donors (Lipinski definition) is 1. The van der Waals surface area contributed by atoms with Gasteiger partial charge in [-0.15, -0.1) is 0 Å². The van der Waals surface area contributed by atoms with Gasteiger partial charge in [0.1, 0.15) is 5.82 Å². The molecule has 1 fully saturated rings. The zero-order valence-corrected chi connectivity index (χ0v) is 14.9. The molecule has 1 saturated heterocycles. The van der Waals surface area contributed by atoms with Crippen molar-refractivity contribution < 1.29 is 14.2 Å². The van der Waals surface area contributed by atoms with Crippen molar-refractivity contribution in [2.75, 3.05) is 40.0 Å². The molecule has 1 N–H and O–H groups in total. The van der Waals surface area contributed by atoms with Crippen LogP contribution in [0.25, 0.3) is 11.3 Å². The SMILES string of the molecule is CN(CCCc1cc(-c2ccc(F)cc2)n(C)n1)CC1(CO)COC1. The normalized spacial score (nSPS) is 16.2. The van der Waals surface area contributed by atoms with Gasteiger partial charge in [0.05, 0.1) is 36.6 Å². The van der Waals surface area contributed by atoms with E-state index in [1.165, 1.54) is 12.1 Å². The summed E-state index contributed by atoms with van der Waals surface area (Å²) < 4.78 is 20.2. The number of nitrogens with zero attached hydrogens (tertiary/aromatic N) is 3. The highest BCUT2D eigenvalue weighted by Gasteiger charge is 2.38. The molecule has 0 bridgehead atoms. The van der Waals surface area contributed by atoms with Crippen LogP contribution in [-0.4, -0.2) is 59.7 Å². The van der Waals surface area contributed by atoms with Crippen LogP contribution < -0.4 is 0 Å². The van der Waals surface area contributed by atoms with Gasteiger partial charge in [-0.3, -0.25) is 4.68 Å². The van der Waals surface area contributed by atoms with E-state index < -0.39 is 0 Å². The van der Waals surface area contributed by atoms with Crippen LogP contribution in [0.15, 0.2) is 30.3 Å². The molecular weight excluding hydrogens is 321 g/mol. The van der Waals surface area contributed by atoms with Gasteiger partial charge < -0.3 is 14.7 Å². The van der Waals surface area contributed by atoms with Gasteiger partial charge in [0.15, 0.2) is 0 Å². The van der Waals surface area contributed by atoms with Crippen LogP contribution in [0.4, 0.5) is 4.39 Å². The van der Waals surface area contributed by atoms with E-state index in [1.54, 1.807) is 12.1 Å². The highest BCUT2D eigenvalue weighted by atomic mass is 19.1. The minimum Gasteiger partial charge on any atom is -0.396 e. The molecule has 0 radical (unpaired) electrons. The number of aryl methyl sites for hydroxylation is 2. The largest absolute Gasteiger partial charge is 0.396 e. The second-order valence-corrected chi connectivity index (χ2v) is 7.14. The molecule has 25 heavy (non-hydrogen) atoms. The van der Waals surface area contributed by atoms with E-state index in [-0.39, 0.29) is 17.8 Å². The van der Waals surface area contributed by atoms with Crippen molar-refractivity contribution >= 4 is 0 Å². The molecule has 6 heteroatoms. The minimum atomic E-state index is -0.230. The fourth-order valence-electron chi connectivity index (χ4n) is 3.34. The first kappa shape index (κ1) is 18.0. The predicted octanol–water partition coefficient (Wildman–Crippen LogP) is 2.10. The van der Waals surface area contributed by atoms with E-state index in [0.29, 0.717) is 13.2 Å². The van der Waals surface area contributed by atoms with E-state index in [4.69, 9.17) is 4.74 Å². The summed E-state index contributed by atoms with van der Waals surface area (Å²) >= 11 is 0. The molecule has 0 atom stereocenters. The number of halogens is 1. The average Bonchev–Trinajstić information content (AvgIpc) is 2.92. The smallest absolute Gasteiger partial charge is 0.123 e. The lowest BCUT2D eigenvalue weighted by atomic mass is 9.86. The summed E-state index contributed by atoms with van der Waals surface area (Å²) in [7, 11) is 3.99. The van der Waals surface area contributed by atoms with Gasteiger partial charge in [-0.05, 0) is 62.3 Å². The summed E-state index contributed by atoms with van der Waals surface area (Å²) in [5.41, 5.74) is 2.93. The number of benzene rings is 1. The fourth-order valence-corrected chi connectivity index (χ4v) is 3.34. The monoisotopic (exact) mass is 347 g/mol. The lowest BCUT2D eigenvalue weighted by Gasteiger charge is -2.42. The Morgan fingerprint density at radius 3 is 2.64 bits per heavy atom.